The molecule has 0 fully saturated rings. The minimum absolute atomic E-state index is 0.539. The van der Waals surface area contributed by atoms with Crippen LogP contribution >= 0.6 is 0 Å². The molecule has 0 aromatic carbocycles. The van der Waals surface area contributed by atoms with Gasteiger partial charge in [-0.15, -0.1) is 5.92 Å². The van der Waals surface area contributed by atoms with Crippen LogP contribution in [-0.4, -0.2) is 21.9 Å². The minimum atomic E-state index is -1.20. The molecule has 0 saturated carbocycles. The van der Waals surface area contributed by atoms with Crippen molar-refractivity contribution in [2.75, 3.05) is 0 Å². The van der Waals surface area contributed by atoms with Gasteiger partial charge in [0.25, 0.3) is 0 Å². The molecule has 82 valence electrons. The van der Waals surface area contributed by atoms with Crippen molar-refractivity contribution < 1.29 is 10.2 Å². The molecule has 2 unspecified atom stereocenters. The molecule has 0 bridgehead atoms. The van der Waals surface area contributed by atoms with Crippen LogP contribution in [0.15, 0.2) is 0 Å². The Labute approximate surface area is 87.3 Å². The van der Waals surface area contributed by atoms with E-state index in [9.17, 15) is 10.2 Å². The van der Waals surface area contributed by atoms with Crippen molar-refractivity contribution in [2.45, 2.75) is 64.6 Å². The van der Waals surface area contributed by atoms with Gasteiger partial charge in [-0.3, -0.25) is 0 Å². The Bertz CT molecular complexity index is 202. The standard InChI is InChI=1S/C12H22O2/c1-4-7-8-10-12(14,9-5-2)11(13)6-3/h11,13-14H,4-7,9H2,1-3H3. The first-order valence-corrected chi connectivity index (χ1v) is 5.51. The third-order valence-corrected chi connectivity index (χ3v) is 2.25. The summed E-state index contributed by atoms with van der Waals surface area (Å²) in [6.07, 6.45) is 2.94. The molecule has 2 atom stereocenters. The molecule has 0 spiro atoms. The van der Waals surface area contributed by atoms with Gasteiger partial charge < -0.3 is 10.2 Å². The molecule has 2 nitrogen and oxygen atoms in total. The van der Waals surface area contributed by atoms with Gasteiger partial charge in [0.1, 0.15) is 0 Å². The minimum Gasteiger partial charge on any atom is -0.389 e. The summed E-state index contributed by atoms with van der Waals surface area (Å²) in [7, 11) is 0. The number of aliphatic hydroxyl groups excluding tert-OH is 1. The van der Waals surface area contributed by atoms with Gasteiger partial charge in [0.05, 0.1) is 6.10 Å². The van der Waals surface area contributed by atoms with Crippen LogP contribution in [0.5, 0.6) is 0 Å². The predicted octanol–water partition coefficient (Wildman–Crippen LogP) is 2.09. The summed E-state index contributed by atoms with van der Waals surface area (Å²) in [5, 5.41) is 19.7. The lowest BCUT2D eigenvalue weighted by Crippen LogP contribution is -2.40. The summed E-state index contributed by atoms with van der Waals surface area (Å²) in [6, 6.07) is 0. The van der Waals surface area contributed by atoms with Crippen molar-refractivity contribution in [1.29, 1.82) is 0 Å². The average Bonchev–Trinajstić information content (AvgIpc) is 2.17. The molecule has 0 aromatic heterocycles. The molecule has 14 heavy (non-hydrogen) atoms. The second-order valence-electron chi connectivity index (χ2n) is 3.65. The second-order valence-corrected chi connectivity index (χ2v) is 3.65. The highest BCUT2D eigenvalue weighted by molar-refractivity contribution is 5.16. The smallest absolute Gasteiger partial charge is 0.151 e. The van der Waals surface area contributed by atoms with Crippen LogP contribution in [0.25, 0.3) is 0 Å². The average molecular weight is 198 g/mol. The third-order valence-electron chi connectivity index (χ3n) is 2.25. The van der Waals surface area contributed by atoms with Gasteiger partial charge in [0.15, 0.2) is 5.60 Å². The van der Waals surface area contributed by atoms with Crippen LogP contribution in [0.2, 0.25) is 0 Å². The lowest BCUT2D eigenvalue weighted by atomic mass is 9.90. The normalized spacial score (nSPS) is 16.6. The van der Waals surface area contributed by atoms with Crippen LogP contribution in [0, 0.1) is 11.8 Å². The summed E-state index contributed by atoms with van der Waals surface area (Å²) in [5.74, 6) is 5.72. The van der Waals surface area contributed by atoms with Crippen LogP contribution in [0.1, 0.15) is 52.9 Å². The molecule has 0 aliphatic heterocycles. The van der Waals surface area contributed by atoms with E-state index in [1.807, 2.05) is 20.8 Å². The van der Waals surface area contributed by atoms with Crippen molar-refractivity contribution in [3.05, 3.63) is 0 Å². The summed E-state index contributed by atoms with van der Waals surface area (Å²) < 4.78 is 0. The highest BCUT2D eigenvalue weighted by Gasteiger charge is 2.31. The summed E-state index contributed by atoms with van der Waals surface area (Å²) >= 11 is 0. The van der Waals surface area contributed by atoms with E-state index in [1.165, 1.54) is 0 Å². The zero-order chi connectivity index (χ0) is 11.0. The first kappa shape index (κ1) is 13.5. The monoisotopic (exact) mass is 198 g/mol. The quantitative estimate of drug-likeness (QED) is 0.664. The van der Waals surface area contributed by atoms with E-state index in [4.69, 9.17) is 0 Å². The maximum Gasteiger partial charge on any atom is 0.151 e. The Hall–Kier alpha value is -0.520. The van der Waals surface area contributed by atoms with Gasteiger partial charge in [0, 0.05) is 6.42 Å². The van der Waals surface area contributed by atoms with E-state index in [2.05, 4.69) is 11.8 Å². The molecule has 0 heterocycles. The van der Waals surface area contributed by atoms with Gasteiger partial charge in [-0.25, -0.2) is 0 Å². The van der Waals surface area contributed by atoms with Crippen molar-refractivity contribution in [1.82, 2.24) is 0 Å². The number of rotatable bonds is 5. The zero-order valence-electron chi connectivity index (χ0n) is 9.51. The Kier molecular flexibility index (Phi) is 6.61. The third kappa shape index (κ3) is 4.13. The van der Waals surface area contributed by atoms with Gasteiger partial charge in [0.2, 0.25) is 0 Å². The zero-order valence-corrected chi connectivity index (χ0v) is 9.51. The van der Waals surface area contributed by atoms with Crippen molar-refractivity contribution in [3.63, 3.8) is 0 Å². The number of aliphatic hydroxyl groups is 2. The van der Waals surface area contributed by atoms with Gasteiger partial charge >= 0.3 is 0 Å². The summed E-state index contributed by atoms with van der Waals surface area (Å²) in [4.78, 5) is 0. The molecule has 0 aliphatic rings. The van der Waals surface area contributed by atoms with E-state index in [0.717, 1.165) is 19.3 Å². The Morgan fingerprint density at radius 3 is 2.29 bits per heavy atom. The maximum atomic E-state index is 10.1. The first-order chi connectivity index (χ1) is 6.60. The molecule has 0 amide bonds. The van der Waals surface area contributed by atoms with Crippen molar-refractivity contribution >= 4 is 0 Å². The molecule has 0 saturated heterocycles. The molecular formula is C12H22O2. The van der Waals surface area contributed by atoms with Gasteiger partial charge in [-0.1, -0.05) is 33.1 Å². The second kappa shape index (κ2) is 6.86. The summed E-state index contributed by atoms with van der Waals surface area (Å²) in [6.45, 7) is 5.88. The molecule has 0 aliphatic carbocycles. The molecule has 0 rings (SSSR count). The van der Waals surface area contributed by atoms with E-state index in [0.29, 0.717) is 12.8 Å². The Morgan fingerprint density at radius 1 is 1.21 bits per heavy atom. The van der Waals surface area contributed by atoms with E-state index >= 15 is 0 Å². The van der Waals surface area contributed by atoms with Crippen molar-refractivity contribution in [3.8, 4) is 11.8 Å². The van der Waals surface area contributed by atoms with E-state index in [1.54, 1.807) is 0 Å². The fraction of sp³-hybridized carbons (Fsp3) is 0.833. The Balaban J connectivity index is 4.47. The largest absolute Gasteiger partial charge is 0.389 e. The van der Waals surface area contributed by atoms with Gasteiger partial charge in [-0.2, -0.15) is 0 Å². The fourth-order valence-electron chi connectivity index (χ4n) is 1.37. The highest BCUT2D eigenvalue weighted by Crippen LogP contribution is 2.19. The molecule has 0 radical (unpaired) electrons. The maximum absolute atomic E-state index is 10.1. The summed E-state index contributed by atoms with van der Waals surface area (Å²) in [5.41, 5.74) is -1.20. The Morgan fingerprint density at radius 2 is 1.86 bits per heavy atom. The van der Waals surface area contributed by atoms with Crippen molar-refractivity contribution in [2.24, 2.45) is 0 Å². The lowest BCUT2D eigenvalue weighted by Gasteiger charge is -2.26. The van der Waals surface area contributed by atoms with Crippen LogP contribution in [0.4, 0.5) is 0 Å². The highest BCUT2D eigenvalue weighted by atomic mass is 16.3. The fourth-order valence-corrected chi connectivity index (χ4v) is 1.37. The molecule has 2 heteroatoms. The first-order valence-electron chi connectivity index (χ1n) is 5.51. The number of unbranched alkanes of at least 4 members (excludes halogenated alkanes) is 1. The van der Waals surface area contributed by atoms with E-state index < -0.39 is 11.7 Å². The lowest BCUT2D eigenvalue weighted by molar-refractivity contribution is -0.0392. The molecule has 0 aromatic rings. The van der Waals surface area contributed by atoms with Crippen LogP contribution in [0.3, 0.4) is 0 Å². The van der Waals surface area contributed by atoms with Crippen LogP contribution < -0.4 is 0 Å². The van der Waals surface area contributed by atoms with Crippen LogP contribution in [-0.2, 0) is 0 Å². The molecule has 2 N–H and O–H groups in total. The molecular weight excluding hydrogens is 176 g/mol. The number of hydrogen-bond acceptors (Lipinski definition) is 2. The predicted molar refractivity (Wildman–Crippen MR) is 58.8 cm³/mol. The number of hydrogen-bond donors (Lipinski definition) is 2. The SMILES string of the molecule is CCCC#CC(O)(CCC)C(O)CC. The van der Waals surface area contributed by atoms with Gasteiger partial charge in [-0.05, 0) is 19.3 Å². The topological polar surface area (TPSA) is 40.5 Å². The van der Waals surface area contributed by atoms with E-state index in [-0.39, 0.29) is 0 Å².